The van der Waals surface area contributed by atoms with Gasteiger partial charge in [0.2, 0.25) is 5.91 Å². The summed E-state index contributed by atoms with van der Waals surface area (Å²) in [6.07, 6.45) is 2.76. The van der Waals surface area contributed by atoms with Gasteiger partial charge in [0.1, 0.15) is 0 Å². The first kappa shape index (κ1) is 16.2. The van der Waals surface area contributed by atoms with Crippen LogP contribution >= 0.6 is 0 Å². The highest BCUT2D eigenvalue weighted by Crippen LogP contribution is 2.16. The summed E-state index contributed by atoms with van der Waals surface area (Å²) in [7, 11) is 0. The van der Waals surface area contributed by atoms with E-state index >= 15 is 0 Å². The molecular formula is C16H24N2O2. The van der Waals surface area contributed by atoms with Crippen molar-refractivity contribution >= 4 is 17.5 Å². The topological polar surface area (TPSA) is 58.2 Å². The number of nitrogens with one attached hydrogen (secondary N) is 2. The zero-order valence-corrected chi connectivity index (χ0v) is 12.5. The predicted octanol–water partition coefficient (Wildman–Crippen LogP) is 3.20. The first-order chi connectivity index (χ1) is 9.60. The standard InChI is InChI=1S/C16H24N2O2/c1-4-6-11-17-16(20)13-9-7-8-10-14(13)18-15(19)12(3)5-2/h7-10,12H,4-6,11H2,1-3H3,(H,17,20)(H,18,19). The fourth-order valence-corrected chi connectivity index (χ4v) is 1.71. The highest BCUT2D eigenvalue weighted by molar-refractivity contribution is 6.04. The zero-order valence-electron chi connectivity index (χ0n) is 12.5. The number of benzene rings is 1. The summed E-state index contributed by atoms with van der Waals surface area (Å²) in [5, 5.41) is 5.70. The van der Waals surface area contributed by atoms with Gasteiger partial charge in [-0.05, 0) is 25.0 Å². The number of hydrogen-bond acceptors (Lipinski definition) is 2. The largest absolute Gasteiger partial charge is 0.352 e. The maximum Gasteiger partial charge on any atom is 0.253 e. The number of rotatable bonds is 7. The Morgan fingerprint density at radius 3 is 2.55 bits per heavy atom. The summed E-state index contributed by atoms with van der Waals surface area (Å²) in [5.74, 6) is -0.258. The van der Waals surface area contributed by atoms with Crippen LogP contribution in [-0.4, -0.2) is 18.4 Å². The molecule has 4 nitrogen and oxygen atoms in total. The smallest absolute Gasteiger partial charge is 0.253 e. The van der Waals surface area contributed by atoms with Gasteiger partial charge in [0.15, 0.2) is 0 Å². The van der Waals surface area contributed by atoms with E-state index in [-0.39, 0.29) is 17.7 Å². The van der Waals surface area contributed by atoms with Gasteiger partial charge in [-0.2, -0.15) is 0 Å². The van der Waals surface area contributed by atoms with Crippen LogP contribution in [0, 0.1) is 5.92 Å². The van der Waals surface area contributed by atoms with E-state index in [0.717, 1.165) is 19.3 Å². The van der Waals surface area contributed by atoms with Crippen LogP contribution in [0.5, 0.6) is 0 Å². The molecule has 0 spiro atoms. The maximum absolute atomic E-state index is 12.1. The van der Waals surface area contributed by atoms with Gasteiger partial charge in [0.25, 0.3) is 5.91 Å². The predicted molar refractivity (Wildman–Crippen MR) is 81.8 cm³/mol. The third-order valence-electron chi connectivity index (χ3n) is 3.31. The summed E-state index contributed by atoms with van der Waals surface area (Å²) < 4.78 is 0. The molecule has 0 aromatic heterocycles. The van der Waals surface area contributed by atoms with E-state index in [4.69, 9.17) is 0 Å². The molecule has 0 bridgehead atoms. The second-order valence-corrected chi connectivity index (χ2v) is 4.95. The van der Waals surface area contributed by atoms with Gasteiger partial charge < -0.3 is 10.6 Å². The fourth-order valence-electron chi connectivity index (χ4n) is 1.71. The average Bonchev–Trinajstić information content (AvgIpc) is 2.47. The van der Waals surface area contributed by atoms with Crippen LogP contribution < -0.4 is 10.6 Å². The van der Waals surface area contributed by atoms with Crippen molar-refractivity contribution in [3.8, 4) is 0 Å². The van der Waals surface area contributed by atoms with Crippen LogP contribution in [0.25, 0.3) is 0 Å². The molecule has 2 amide bonds. The van der Waals surface area contributed by atoms with Crippen LogP contribution in [0.3, 0.4) is 0 Å². The molecule has 110 valence electrons. The van der Waals surface area contributed by atoms with E-state index in [1.807, 2.05) is 19.9 Å². The second-order valence-electron chi connectivity index (χ2n) is 4.95. The molecule has 20 heavy (non-hydrogen) atoms. The van der Waals surface area contributed by atoms with Gasteiger partial charge in [-0.15, -0.1) is 0 Å². The summed E-state index contributed by atoms with van der Waals surface area (Å²) in [5.41, 5.74) is 1.09. The summed E-state index contributed by atoms with van der Waals surface area (Å²) in [6, 6.07) is 7.10. The quantitative estimate of drug-likeness (QED) is 0.751. The van der Waals surface area contributed by atoms with Gasteiger partial charge in [-0.1, -0.05) is 39.3 Å². The van der Waals surface area contributed by atoms with Crippen LogP contribution in [-0.2, 0) is 4.79 Å². The van der Waals surface area contributed by atoms with Crippen molar-refractivity contribution in [1.29, 1.82) is 0 Å². The Labute approximate surface area is 121 Å². The first-order valence-electron chi connectivity index (χ1n) is 7.28. The summed E-state index contributed by atoms with van der Waals surface area (Å²) in [6.45, 7) is 6.57. The Hall–Kier alpha value is -1.84. The minimum atomic E-state index is -0.140. The van der Waals surface area contributed by atoms with Gasteiger partial charge in [-0.3, -0.25) is 9.59 Å². The fraction of sp³-hybridized carbons (Fsp3) is 0.500. The van der Waals surface area contributed by atoms with E-state index in [2.05, 4.69) is 17.6 Å². The Bertz CT molecular complexity index is 458. The Kier molecular flexibility index (Phi) is 6.77. The van der Waals surface area contributed by atoms with E-state index in [0.29, 0.717) is 17.8 Å². The molecule has 0 aliphatic carbocycles. The molecule has 0 aliphatic rings. The van der Waals surface area contributed by atoms with Crippen molar-refractivity contribution in [3.63, 3.8) is 0 Å². The molecule has 1 atom stereocenters. The van der Waals surface area contributed by atoms with Crippen molar-refractivity contribution in [2.45, 2.75) is 40.0 Å². The lowest BCUT2D eigenvalue weighted by molar-refractivity contribution is -0.119. The number of para-hydroxylation sites is 1. The molecule has 0 aliphatic heterocycles. The van der Waals surface area contributed by atoms with Crippen molar-refractivity contribution in [3.05, 3.63) is 29.8 Å². The van der Waals surface area contributed by atoms with Gasteiger partial charge >= 0.3 is 0 Å². The number of hydrogen-bond donors (Lipinski definition) is 2. The van der Waals surface area contributed by atoms with Crippen LogP contribution in [0.1, 0.15) is 50.4 Å². The second kappa shape index (κ2) is 8.35. The van der Waals surface area contributed by atoms with Crippen LogP contribution in [0.2, 0.25) is 0 Å². The summed E-state index contributed by atoms with van der Waals surface area (Å²) in [4.78, 5) is 24.0. The molecule has 1 aromatic carbocycles. The monoisotopic (exact) mass is 276 g/mol. The minimum absolute atomic E-state index is 0.0543. The van der Waals surface area contributed by atoms with Gasteiger partial charge in [0.05, 0.1) is 11.3 Å². The van der Waals surface area contributed by atoms with Gasteiger partial charge in [-0.25, -0.2) is 0 Å². The lowest BCUT2D eigenvalue weighted by Gasteiger charge is -2.13. The Morgan fingerprint density at radius 1 is 1.20 bits per heavy atom. The van der Waals surface area contributed by atoms with E-state index in [1.165, 1.54) is 0 Å². The van der Waals surface area contributed by atoms with E-state index in [9.17, 15) is 9.59 Å². The lowest BCUT2D eigenvalue weighted by atomic mass is 10.1. The van der Waals surface area contributed by atoms with Crippen molar-refractivity contribution in [1.82, 2.24) is 5.32 Å². The Balaban J connectivity index is 2.77. The van der Waals surface area contributed by atoms with Crippen molar-refractivity contribution in [2.75, 3.05) is 11.9 Å². The number of anilines is 1. The Morgan fingerprint density at radius 2 is 1.90 bits per heavy atom. The highest BCUT2D eigenvalue weighted by atomic mass is 16.2. The molecule has 1 unspecified atom stereocenters. The van der Waals surface area contributed by atoms with Crippen molar-refractivity contribution in [2.24, 2.45) is 5.92 Å². The maximum atomic E-state index is 12.1. The number of carbonyl (C=O) groups is 2. The first-order valence-corrected chi connectivity index (χ1v) is 7.28. The molecule has 1 rings (SSSR count). The van der Waals surface area contributed by atoms with Crippen molar-refractivity contribution < 1.29 is 9.59 Å². The van der Waals surface area contributed by atoms with E-state index in [1.54, 1.807) is 18.2 Å². The van der Waals surface area contributed by atoms with E-state index < -0.39 is 0 Å². The molecule has 0 fully saturated rings. The van der Waals surface area contributed by atoms with Crippen LogP contribution in [0.4, 0.5) is 5.69 Å². The molecule has 0 saturated carbocycles. The van der Waals surface area contributed by atoms with Gasteiger partial charge in [0, 0.05) is 12.5 Å². The molecule has 2 N–H and O–H groups in total. The third-order valence-corrected chi connectivity index (χ3v) is 3.31. The minimum Gasteiger partial charge on any atom is -0.352 e. The SMILES string of the molecule is CCCCNC(=O)c1ccccc1NC(=O)C(C)CC. The molecule has 0 radical (unpaired) electrons. The molecule has 4 heteroatoms. The normalized spacial score (nSPS) is 11.8. The average molecular weight is 276 g/mol. The number of unbranched alkanes of at least 4 members (excludes halogenated alkanes) is 1. The molecule has 1 aromatic rings. The number of amides is 2. The third kappa shape index (κ3) is 4.68. The highest BCUT2D eigenvalue weighted by Gasteiger charge is 2.15. The molecule has 0 saturated heterocycles. The molecule has 0 heterocycles. The summed E-state index contributed by atoms with van der Waals surface area (Å²) >= 11 is 0. The molecular weight excluding hydrogens is 252 g/mol. The lowest BCUT2D eigenvalue weighted by Crippen LogP contribution is -2.27. The van der Waals surface area contributed by atoms with Crippen LogP contribution in [0.15, 0.2) is 24.3 Å². The zero-order chi connectivity index (χ0) is 15.0. The number of carbonyl (C=O) groups excluding carboxylic acids is 2.